The second-order valence-corrected chi connectivity index (χ2v) is 4.13. The van der Waals surface area contributed by atoms with E-state index < -0.39 is 0 Å². The maximum Gasteiger partial charge on any atom is 0.0615 e. The lowest BCUT2D eigenvalue weighted by atomic mass is 10.1. The molecular weight excluding hydrogens is 188 g/mol. The summed E-state index contributed by atoms with van der Waals surface area (Å²) in [6.07, 6.45) is 1.20. The zero-order valence-electron chi connectivity index (χ0n) is 11.0. The quantitative estimate of drug-likeness (QED) is 0.594. The van der Waals surface area contributed by atoms with Gasteiger partial charge in [0.05, 0.1) is 6.61 Å². The summed E-state index contributed by atoms with van der Waals surface area (Å²) in [4.78, 5) is 2.50. The molecule has 1 N–H and O–H groups in total. The lowest BCUT2D eigenvalue weighted by Crippen LogP contribution is -2.43. The molecule has 0 saturated carbocycles. The van der Waals surface area contributed by atoms with Crippen molar-refractivity contribution in [3.8, 4) is 0 Å². The van der Waals surface area contributed by atoms with Crippen LogP contribution >= 0.6 is 0 Å². The third-order valence-corrected chi connectivity index (χ3v) is 2.89. The molecule has 2 unspecified atom stereocenters. The van der Waals surface area contributed by atoms with Crippen LogP contribution in [-0.2, 0) is 4.74 Å². The molecule has 0 aromatic heterocycles. The standard InChI is InChI=1S/C12H28N2O/c1-6-13-9-8-11(3)14(7-2)12(4)10-15-5/h11-13H,6-10H2,1-5H3. The molecule has 0 fully saturated rings. The first-order valence-electron chi connectivity index (χ1n) is 6.12. The Balaban J connectivity index is 3.91. The molecule has 0 saturated heterocycles. The number of ether oxygens (including phenoxy) is 1. The molecule has 0 spiro atoms. The Kier molecular flexibility index (Phi) is 9.06. The maximum atomic E-state index is 5.20. The number of hydrogen-bond acceptors (Lipinski definition) is 3. The minimum Gasteiger partial charge on any atom is -0.383 e. The van der Waals surface area contributed by atoms with E-state index in [1.54, 1.807) is 7.11 Å². The molecule has 0 rings (SSSR count). The van der Waals surface area contributed by atoms with Crippen molar-refractivity contribution in [3.05, 3.63) is 0 Å². The second-order valence-electron chi connectivity index (χ2n) is 4.13. The molecule has 2 atom stereocenters. The Labute approximate surface area is 95.2 Å². The Bertz CT molecular complexity index is 142. The highest BCUT2D eigenvalue weighted by atomic mass is 16.5. The van der Waals surface area contributed by atoms with Crippen molar-refractivity contribution in [1.82, 2.24) is 10.2 Å². The van der Waals surface area contributed by atoms with E-state index in [1.807, 2.05) is 0 Å². The average Bonchev–Trinajstić information content (AvgIpc) is 2.19. The van der Waals surface area contributed by atoms with Gasteiger partial charge in [-0.05, 0) is 39.9 Å². The summed E-state index contributed by atoms with van der Waals surface area (Å²) in [6, 6.07) is 1.14. The van der Waals surface area contributed by atoms with Crippen molar-refractivity contribution in [2.75, 3.05) is 33.4 Å². The van der Waals surface area contributed by atoms with Crippen LogP contribution in [0.4, 0.5) is 0 Å². The average molecular weight is 216 g/mol. The molecule has 0 amide bonds. The van der Waals surface area contributed by atoms with E-state index in [9.17, 15) is 0 Å². The fourth-order valence-electron chi connectivity index (χ4n) is 2.05. The number of hydrogen-bond donors (Lipinski definition) is 1. The summed E-state index contributed by atoms with van der Waals surface area (Å²) in [7, 11) is 1.77. The zero-order valence-corrected chi connectivity index (χ0v) is 11.0. The normalized spacial score (nSPS) is 15.6. The summed E-state index contributed by atoms with van der Waals surface area (Å²) in [6.45, 7) is 13.0. The summed E-state index contributed by atoms with van der Waals surface area (Å²) in [5.41, 5.74) is 0. The first-order chi connectivity index (χ1) is 7.17. The minimum absolute atomic E-state index is 0.511. The number of rotatable bonds is 9. The molecule has 0 radical (unpaired) electrons. The third-order valence-electron chi connectivity index (χ3n) is 2.89. The topological polar surface area (TPSA) is 24.5 Å². The van der Waals surface area contributed by atoms with Gasteiger partial charge in [0.1, 0.15) is 0 Å². The maximum absolute atomic E-state index is 5.20. The molecule has 15 heavy (non-hydrogen) atoms. The smallest absolute Gasteiger partial charge is 0.0615 e. The zero-order chi connectivity index (χ0) is 11.7. The molecule has 0 bridgehead atoms. The van der Waals surface area contributed by atoms with E-state index >= 15 is 0 Å². The SMILES string of the molecule is CCNCCC(C)N(CC)C(C)COC. The van der Waals surface area contributed by atoms with Crippen molar-refractivity contribution in [1.29, 1.82) is 0 Å². The number of likely N-dealkylation sites (N-methyl/N-ethyl adjacent to an activating group) is 1. The summed E-state index contributed by atoms with van der Waals surface area (Å²) < 4.78 is 5.20. The fourth-order valence-corrected chi connectivity index (χ4v) is 2.05. The molecular formula is C12H28N2O. The van der Waals surface area contributed by atoms with Crippen LogP contribution in [-0.4, -0.2) is 50.3 Å². The van der Waals surface area contributed by atoms with E-state index in [4.69, 9.17) is 4.74 Å². The number of nitrogens with zero attached hydrogens (tertiary/aromatic N) is 1. The van der Waals surface area contributed by atoms with Crippen LogP contribution in [0.2, 0.25) is 0 Å². The van der Waals surface area contributed by atoms with E-state index in [1.165, 1.54) is 6.42 Å². The molecule has 0 heterocycles. The van der Waals surface area contributed by atoms with Crippen LogP contribution in [0.25, 0.3) is 0 Å². The van der Waals surface area contributed by atoms with Gasteiger partial charge in [-0.2, -0.15) is 0 Å². The fraction of sp³-hybridized carbons (Fsp3) is 1.00. The van der Waals surface area contributed by atoms with Gasteiger partial charge in [-0.25, -0.2) is 0 Å². The van der Waals surface area contributed by atoms with Gasteiger partial charge in [0, 0.05) is 19.2 Å². The molecule has 3 heteroatoms. The van der Waals surface area contributed by atoms with Crippen LogP contribution in [0.1, 0.15) is 34.1 Å². The molecule has 0 aromatic rings. The highest BCUT2D eigenvalue weighted by Gasteiger charge is 2.17. The molecule has 3 nitrogen and oxygen atoms in total. The molecule has 0 aromatic carbocycles. The number of methoxy groups -OCH3 is 1. The highest BCUT2D eigenvalue weighted by Crippen LogP contribution is 2.08. The van der Waals surface area contributed by atoms with Crippen LogP contribution in [0.3, 0.4) is 0 Å². The van der Waals surface area contributed by atoms with Gasteiger partial charge < -0.3 is 10.1 Å². The van der Waals surface area contributed by atoms with Gasteiger partial charge in [-0.3, -0.25) is 4.90 Å². The predicted molar refractivity (Wildman–Crippen MR) is 66.3 cm³/mol. The van der Waals surface area contributed by atoms with Crippen molar-refractivity contribution in [2.24, 2.45) is 0 Å². The Morgan fingerprint density at radius 3 is 2.33 bits per heavy atom. The minimum atomic E-state index is 0.511. The molecule has 0 aliphatic heterocycles. The first-order valence-corrected chi connectivity index (χ1v) is 6.12. The largest absolute Gasteiger partial charge is 0.383 e. The highest BCUT2D eigenvalue weighted by molar-refractivity contribution is 4.73. The number of nitrogens with one attached hydrogen (secondary N) is 1. The molecule has 92 valence electrons. The Morgan fingerprint density at radius 2 is 1.87 bits per heavy atom. The lowest BCUT2D eigenvalue weighted by molar-refractivity contribution is 0.0757. The Hall–Kier alpha value is -0.120. The van der Waals surface area contributed by atoms with Crippen LogP contribution < -0.4 is 5.32 Å². The van der Waals surface area contributed by atoms with Crippen molar-refractivity contribution in [2.45, 2.75) is 46.2 Å². The van der Waals surface area contributed by atoms with E-state index in [-0.39, 0.29) is 0 Å². The monoisotopic (exact) mass is 216 g/mol. The molecule has 0 aliphatic carbocycles. The van der Waals surface area contributed by atoms with Crippen molar-refractivity contribution >= 4 is 0 Å². The van der Waals surface area contributed by atoms with Gasteiger partial charge in [-0.1, -0.05) is 13.8 Å². The van der Waals surface area contributed by atoms with E-state index in [0.717, 1.165) is 26.2 Å². The van der Waals surface area contributed by atoms with E-state index in [0.29, 0.717) is 12.1 Å². The van der Waals surface area contributed by atoms with Crippen LogP contribution in [0.5, 0.6) is 0 Å². The van der Waals surface area contributed by atoms with Crippen molar-refractivity contribution in [3.63, 3.8) is 0 Å². The molecule has 0 aliphatic rings. The third kappa shape index (κ3) is 6.13. The summed E-state index contributed by atoms with van der Waals surface area (Å²) >= 11 is 0. The van der Waals surface area contributed by atoms with Crippen molar-refractivity contribution < 1.29 is 4.74 Å². The predicted octanol–water partition coefficient (Wildman–Crippen LogP) is 1.73. The van der Waals surface area contributed by atoms with Gasteiger partial charge in [0.25, 0.3) is 0 Å². The van der Waals surface area contributed by atoms with E-state index in [2.05, 4.69) is 37.9 Å². The summed E-state index contributed by atoms with van der Waals surface area (Å²) in [5, 5.41) is 3.37. The van der Waals surface area contributed by atoms with Crippen LogP contribution in [0, 0.1) is 0 Å². The van der Waals surface area contributed by atoms with Gasteiger partial charge in [0.15, 0.2) is 0 Å². The second kappa shape index (κ2) is 9.13. The summed E-state index contributed by atoms with van der Waals surface area (Å²) in [5.74, 6) is 0. The van der Waals surface area contributed by atoms with Gasteiger partial charge in [0.2, 0.25) is 0 Å². The van der Waals surface area contributed by atoms with Gasteiger partial charge in [-0.15, -0.1) is 0 Å². The van der Waals surface area contributed by atoms with Gasteiger partial charge >= 0.3 is 0 Å². The lowest BCUT2D eigenvalue weighted by Gasteiger charge is -2.33. The Morgan fingerprint density at radius 1 is 1.20 bits per heavy atom. The van der Waals surface area contributed by atoms with Crippen LogP contribution in [0.15, 0.2) is 0 Å². The first kappa shape index (κ1) is 14.9.